The molecule has 4 nitrogen and oxygen atoms in total. The predicted molar refractivity (Wildman–Crippen MR) is 66.4 cm³/mol. The molecule has 1 aliphatic carbocycles. The van der Waals surface area contributed by atoms with E-state index in [1.165, 1.54) is 18.7 Å². The van der Waals surface area contributed by atoms with Crippen molar-refractivity contribution in [1.82, 2.24) is 9.71 Å². The molecule has 1 heterocycles. The zero-order chi connectivity index (χ0) is 12.5. The number of nitrogens with zero attached hydrogens (tertiary/aromatic N) is 1. The lowest BCUT2D eigenvalue weighted by Gasteiger charge is -2.31. The van der Waals surface area contributed by atoms with Gasteiger partial charge in [-0.05, 0) is 37.8 Å². The first-order valence-corrected chi connectivity index (χ1v) is 7.49. The van der Waals surface area contributed by atoms with Crippen LogP contribution in [0.4, 0.5) is 0 Å². The molecular formula is C11H15ClN2O2S. The third-order valence-electron chi connectivity index (χ3n) is 3.21. The van der Waals surface area contributed by atoms with Gasteiger partial charge in [0.2, 0.25) is 10.0 Å². The largest absolute Gasteiger partial charge is 0.243 e. The van der Waals surface area contributed by atoms with Gasteiger partial charge >= 0.3 is 0 Å². The lowest BCUT2D eigenvalue weighted by Crippen LogP contribution is -2.40. The van der Waals surface area contributed by atoms with Gasteiger partial charge in [-0.2, -0.15) is 0 Å². The number of rotatable bonds is 4. The molecule has 94 valence electrons. The van der Waals surface area contributed by atoms with Gasteiger partial charge in [-0.25, -0.2) is 18.1 Å². The van der Waals surface area contributed by atoms with E-state index in [1.807, 2.05) is 6.92 Å². The van der Waals surface area contributed by atoms with Crippen molar-refractivity contribution < 1.29 is 8.42 Å². The number of hydrogen-bond donors (Lipinski definition) is 1. The number of nitrogens with one attached hydrogen (secondary N) is 1. The zero-order valence-electron chi connectivity index (χ0n) is 9.56. The molecule has 17 heavy (non-hydrogen) atoms. The van der Waals surface area contributed by atoms with Crippen LogP contribution in [-0.4, -0.2) is 19.4 Å². The molecule has 0 amide bonds. The molecule has 0 aromatic carbocycles. The third kappa shape index (κ3) is 2.78. The normalized spacial score (nSPS) is 18.7. The predicted octanol–water partition coefficient (Wildman–Crippen LogP) is 2.20. The van der Waals surface area contributed by atoms with Gasteiger partial charge in [-0.15, -0.1) is 0 Å². The van der Waals surface area contributed by atoms with Crippen LogP contribution in [0.15, 0.2) is 23.2 Å². The van der Waals surface area contributed by atoms with E-state index < -0.39 is 10.0 Å². The van der Waals surface area contributed by atoms with E-state index in [4.69, 9.17) is 11.6 Å². The summed E-state index contributed by atoms with van der Waals surface area (Å²) in [6.45, 7) is 1.89. The highest BCUT2D eigenvalue weighted by molar-refractivity contribution is 7.89. The second-order valence-electron chi connectivity index (χ2n) is 4.39. The molecule has 0 radical (unpaired) electrons. The molecule has 1 aliphatic rings. The lowest BCUT2D eigenvalue weighted by molar-refractivity contribution is 0.260. The summed E-state index contributed by atoms with van der Waals surface area (Å²) in [7, 11) is -3.56. The fourth-order valence-corrected chi connectivity index (χ4v) is 3.68. The summed E-state index contributed by atoms with van der Waals surface area (Å²) in [6.07, 6.45) is 4.83. The van der Waals surface area contributed by atoms with Crippen molar-refractivity contribution in [2.24, 2.45) is 5.92 Å². The van der Waals surface area contributed by atoms with Gasteiger partial charge in [-0.3, -0.25) is 0 Å². The van der Waals surface area contributed by atoms with E-state index in [0.717, 1.165) is 12.8 Å². The van der Waals surface area contributed by atoms with Crippen molar-refractivity contribution in [2.45, 2.75) is 37.1 Å². The van der Waals surface area contributed by atoms with Gasteiger partial charge in [0, 0.05) is 12.2 Å². The smallest absolute Gasteiger partial charge is 0.243 e. The number of pyridine rings is 1. The van der Waals surface area contributed by atoms with Gasteiger partial charge in [0.05, 0.1) is 0 Å². The van der Waals surface area contributed by atoms with Crippen LogP contribution in [0.1, 0.15) is 26.2 Å². The summed E-state index contributed by atoms with van der Waals surface area (Å²) in [6, 6.07) is 2.98. The van der Waals surface area contributed by atoms with Crippen LogP contribution in [0, 0.1) is 5.92 Å². The van der Waals surface area contributed by atoms with E-state index in [0.29, 0.717) is 5.92 Å². The Hall–Kier alpha value is -0.650. The van der Waals surface area contributed by atoms with Crippen LogP contribution in [0.5, 0.6) is 0 Å². The Bertz CT molecular complexity index is 500. The summed E-state index contributed by atoms with van der Waals surface area (Å²) in [4.78, 5) is 3.83. The van der Waals surface area contributed by atoms with E-state index >= 15 is 0 Å². The van der Waals surface area contributed by atoms with Crippen LogP contribution in [0.25, 0.3) is 0 Å². The molecule has 0 saturated heterocycles. The summed E-state index contributed by atoms with van der Waals surface area (Å²) in [5.74, 6) is 0.445. The highest BCUT2D eigenvalue weighted by atomic mass is 35.5. The third-order valence-corrected chi connectivity index (χ3v) is 5.22. The van der Waals surface area contributed by atoms with Crippen molar-refractivity contribution in [1.29, 1.82) is 0 Å². The minimum Gasteiger partial charge on any atom is -0.243 e. The minimum absolute atomic E-state index is 0.0146. The molecule has 0 bridgehead atoms. The molecule has 1 atom stereocenters. The van der Waals surface area contributed by atoms with Gasteiger partial charge in [-0.1, -0.05) is 18.0 Å². The number of sulfonamides is 1. The fourth-order valence-electron chi connectivity index (χ4n) is 1.92. The Morgan fingerprint density at radius 2 is 2.24 bits per heavy atom. The molecule has 0 aliphatic heterocycles. The van der Waals surface area contributed by atoms with Crippen molar-refractivity contribution in [3.8, 4) is 0 Å². The first-order valence-electron chi connectivity index (χ1n) is 5.63. The molecule has 1 fully saturated rings. The monoisotopic (exact) mass is 274 g/mol. The average molecular weight is 275 g/mol. The lowest BCUT2D eigenvalue weighted by atomic mass is 9.81. The number of halogens is 1. The Labute approximate surface area is 106 Å². The van der Waals surface area contributed by atoms with Crippen molar-refractivity contribution in [3.05, 3.63) is 23.5 Å². The quantitative estimate of drug-likeness (QED) is 0.857. The summed E-state index contributed by atoms with van der Waals surface area (Å²) < 4.78 is 26.8. The van der Waals surface area contributed by atoms with Gasteiger partial charge < -0.3 is 0 Å². The highest BCUT2D eigenvalue weighted by Gasteiger charge is 2.28. The zero-order valence-corrected chi connectivity index (χ0v) is 11.1. The van der Waals surface area contributed by atoms with Crippen LogP contribution in [0.2, 0.25) is 5.15 Å². The molecular weight excluding hydrogens is 260 g/mol. The first-order chi connectivity index (χ1) is 8.00. The molecule has 2 rings (SSSR count). The fraction of sp³-hybridized carbons (Fsp3) is 0.545. The maximum atomic E-state index is 12.1. The molecule has 1 N–H and O–H groups in total. The standard InChI is InChI=1S/C11H15ClN2O2S/c1-8(9-4-2-5-9)14-17(15,16)10-6-3-7-13-11(10)12/h3,6-9,14H,2,4-5H2,1H3. The SMILES string of the molecule is CC(NS(=O)(=O)c1cccnc1Cl)C1CCC1. The van der Waals surface area contributed by atoms with Crippen LogP contribution < -0.4 is 4.72 Å². The van der Waals surface area contributed by atoms with Gasteiger partial charge in [0.25, 0.3) is 0 Å². The molecule has 1 unspecified atom stereocenters. The van der Waals surface area contributed by atoms with Crippen molar-refractivity contribution in [2.75, 3.05) is 0 Å². The Kier molecular flexibility index (Phi) is 3.70. The van der Waals surface area contributed by atoms with E-state index in [-0.39, 0.29) is 16.1 Å². The summed E-state index contributed by atoms with van der Waals surface area (Å²) in [5, 5.41) is 0.0146. The average Bonchev–Trinajstić information content (AvgIpc) is 2.13. The summed E-state index contributed by atoms with van der Waals surface area (Å²) in [5.41, 5.74) is 0. The highest BCUT2D eigenvalue weighted by Crippen LogP contribution is 2.30. The van der Waals surface area contributed by atoms with E-state index in [1.54, 1.807) is 6.07 Å². The Morgan fingerprint density at radius 1 is 1.53 bits per heavy atom. The van der Waals surface area contributed by atoms with Gasteiger partial charge in [0.15, 0.2) is 0 Å². The molecule has 1 aromatic heterocycles. The molecule has 1 saturated carbocycles. The van der Waals surface area contributed by atoms with Crippen molar-refractivity contribution >= 4 is 21.6 Å². The Morgan fingerprint density at radius 3 is 2.76 bits per heavy atom. The van der Waals surface area contributed by atoms with Crippen LogP contribution in [-0.2, 0) is 10.0 Å². The van der Waals surface area contributed by atoms with Crippen LogP contribution >= 0.6 is 11.6 Å². The maximum Gasteiger partial charge on any atom is 0.243 e. The first kappa shape index (κ1) is 12.8. The second kappa shape index (κ2) is 4.92. The van der Waals surface area contributed by atoms with Crippen LogP contribution in [0.3, 0.4) is 0 Å². The van der Waals surface area contributed by atoms with E-state index in [9.17, 15) is 8.42 Å². The number of aromatic nitrogens is 1. The van der Waals surface area contributed by atoms with Crippen molar-refractivity contribution in [3.63, 3.8) is 0 Å². The molecule has 0 spiro atoms. The van der Waals surface area contributed by atoms with E-state index in [2.05, 4.69) is 9.71 Å². The maximum absolute atomic E-state index is 12.1. The Balaban J connectivity index is 2.16. The minimum atomic E-state index is -3.56. The second-order valence-corrected chi connectivity index (χ2v) is 6.43. The topological polar surface area (TPSA) is 59.1 Å². The van der Waals surface area contributed by atoms with Gasteiger partial charge in [0.1, 0.15) is 10.0 Å². The summed E-state index contributed by atoms with van der Waals surface area (Å²) >= 11 is 5.79. The molecule has 6 heteroatoms. The number of hydrogen-bond acceptors (Lipinski definition) is 3. The molecule has 1 aromatic rings.